The summed E-state index contributed by atoms with van der Waals surface area (Å²) in [6.07, 6.45) is 5.09. The van der Waals surface area contributed by atoms with Crippen molar-refractivity contribution in [2.45, 2.75) is 39.8 Å². The van der Waals surface area contributed by atoms with Crippen LogP contribution in [0.4, 0.5) is 5.82 Å². The van der Waals surface area contributed by atoms with E-state index in [0.29, 0.717) is 12.4 Å². The van der Waals surface area contributed by atoms with Gasteiger partial charge in [0.1, 0.15) is 6.20 Å². The highest BCUT2D eigenvalue weighted by Gasteiger charge is 2.25. The van der Waals surface area contributed by atoms with Gasteiger partial charge in [-0.15, -0.1) is 0 Å². The first-order valence-corrected chi connectivity index (χ1v) is 8.15. The predicted octanol–water partition coefficient (Wildman–Crippen LogP) is 2.74. The Morgan fingerprint density at radius 2 is 2.16 bits per heavy atom. The summed E-state index contributed by atoms with van der Waals surface area (Å²) in [6, 6.07) is 3.75. The first-order valence-electron chi connectivity index (χ1n) is 8.15. The van der Waals surface area contributed by atoms with Crippen LogP contribution < -0.4 is 0 Å². The fourth-order valence-electron chi connectivity index (χ4n) is 2.96. The summed E-state index contributed by atoms with van der Waals surface area (Å²) < 4.78 is 1.64. The van der Waals surface area contributed by atoms with Crippen LogP contribution in [0.1, 0.15) is 37.7 Å². The summed E-state index contributed by atoms with van der Waals surface area (Å²) in [7, 11) is 1.78. The number of nitrogens with zero attached hydrogens (tertiary/aromatic N) is 5. The van der Waals surface area contributed by atoms with Crippen LogP contribution in [0.25, 0.3) is 0 Å². The second-order valence-electron chi connectivity index (χ2n) is 6.33. The second-order valence-corrected chi connectivity index (χ2v) is 6.33. The van der Waals surface area contributed by atoms with E-state index in [1.54, 1.807) is 35.8 Å². The maximum Gasteiger partial charge on any atom is 0.381 e. The highest BCUT2D eigenvalue weighted by atomic mass is 16.6. The third-order valence-electron chi connectivity index (χ3n) is 4.19. The monoisotopic (exact) mass is 345 g/mol. The van der Waals surface area contributed by atoms with Gasteiger partial charge >= 0.3 is 5.82 Å². The Labute approximate surface area is 146 Å². The molecule has 1 unspecified atom stereocenters. The molecule has 2 aromatic heterocycles. The number of aromatic nitrogens is 3. The molecule has 8 nitrogen and oxygen atoms in total. The van der Waals surface area contributed by atoms with Crippen molar-refractivity contribution in [3.05, 3.63) is 52.2 Å². The SMILES string of the molecule is Cc1nc([N+](=O)[O-])cn1CCC(=O)N(C)C(c1cccnc1)C(C)C. The van der Waals surface area contributed by atoms with Crippen molar-refractivity contribution in [1.82, 2.24) is 19.4 Å². The highest BCUT2D eigenvalue weighted by molar-refractivity contribution is 5.76. The van der Waals surface area contributed by atoms with Gasteiger partial charge in [0, 0.05) is 39.3 Å². The number of carbonyl (C=O) groups is 1. The molecule has 0 fully saturated rings. The molecule has 0 saturated heterocycles. The lowest BCUT2D eigenvalue weighted by Crippen LogP contribution is -2.34. The van der Waals surface area contributed by atoms with Crippen molar-refractivity contribution in [3.63, 3.8) is 0 Å². The van der Waals surface area contributed by atoms with E-state index in [4.69, 9.17) is 0 Å². The zero-order valence-electron chi connectivity index (χ0n) is 14.9. The van der Waals surface area contributed by atoms with Gasteiger partial charge in [-0.05, 0) is 27.5 Å². The van der Waals surface area contributed by atoms with Crippen molar-refractivity contribution in [3.8, 4) is 0 Å². The van der Waals surface area contributed by atoms with Crippen LogP contribution in [0, 0.1) is 23.0 Å². The first kappa shape index (κ1) is 18.6. The van der Waals surface area contributed by atoms with Crippen LogP contribution in [0.15, 0.2) is 30.7 Å². The summed E-state index contributed by atoms with van der Waals surface area (Å²) in [5, 5.41) is 10.8. The second kappa shape index (κ2) is 7.87. The Balaban J connectivity index is 2.07. The molecule has 2 rings (SSSR count). The quantitative estimate of drug-likeness (QED) is 0.568. The number of carbonyl (C=O) groups excluding carboxylic acids is 1. The number of amides is 1. The molecule has 0 N–H and O–H groups in total. The number of nitro groups is 1. The predicted molar refractivity (Wildman–Crippen MR) is 92.8 cm³/mol. The standard InChI is InChI=1S/C17H23N5O3/c1-12(2)17(14-6-5-8-18-10-14)20(4)16(23)7-9-21-11-15(22(24)25)19-13(21)3/h5-6,8,10-12,17H,7,9H2,1-4H3. The molecule has 0 bridgehead atoms. The molecule has 8 heteroatoms. The molecular weight excluding hydrogens is 322 g/mol. The fraction of sp³-hybridized carbons (Fsp3) is 0.471. The molecule has 0 aliphatic carbocycles. The lowest BCUT2D eigenvalue weighted by atomic mass is 9.96. The first-order chi connectivity index (χ1) is 11.8. The molecule has 0 spiro atoms. The molecule has 2 heterocycles. The zero-order valence-corrected chi connectivity index (χ0v) is 14.9. The Bertz CT molecular complexity index is 742. The molecule has 0 saturated carbocycles. The summed E-state index contributed by atoms with van der Waals surface area (Å²) in [5.74, 6) is 0.524. The van der Waals surface area contributed by atoms with E-state index >= 15 is 0 Å². The maximum absolute atomic E-state index is 12.6. The van der Waals surface area contributed by atoms with Gasteiger partial charge in [-0.3, -0.25) is 9.78 Å². The van der Waals surface area contributed by atoms with Crippen molar-refractivity contribution in [1.29, 1.82) is 0 Å². The van der Waals surface area contributed by atoms with Crippen molar-refractivity contribution in [2.75, 3.05) is 7.05 Å². The average Bonchev–Trinajstić information content (AvgIpc) is 2.94. The third-order valence-corrected chi connectivity index (χ3v) is 4.19. The lowest BCUT2D eigenvalue weighted by molar-refractivity contribution is -0.389. The molecule has 1 amide bonds. The smallest absolute Gasteiger partial charge is 0.358 e. The third kappa shape index (κ3) is 4.40. The zero-order chi connectivity index (χ0) is 18.6. The number of hydrogen-bond donors (Lipinski definition) is 0. The van der Waals surface area contributed by atoms with Crippen molar-refractivity contribution in [2.24, 2.45) is 5.92 Å². The summed E-state index contributed by atoms with van der Waals surface area (Å²) >= 11 is 0. The van der Waals surface area contributed by atoms with Crippen LogP contribution in [0.5, 0.6) is 0 Å². The Kier molecular flexibility index (Phi) is 5.84. The van der Waals surface area contributed by atoms with Gasteiger partial charge in [0.2, 0.25) is 11.7 Å². The van der Waals surface area contributed by atoms with Gasteiger partial charge in [0.15, 0.2) is 0 Å². The molecule has 2 aromatic rings. The molecule has 134 valence electrons. The fourth-order valence-corrected chi connectivity index (χ4v) is 2.96. The number of pyridine rings is 1. The number of hydrogen-bond acceptors (Lipinski definition) is 5. The van der Waals surface area contributed by atoms with E-state index in [2.05, 4.69) is 23.8 Å². The van der Waals surface area contributed by atoms with E-state index in [9.17, 15) is 14.9 Å². The molecule has 0 aliphatic heterocycles. The normalized spacial score (nSPS) is 12.2. The Hall–Kier alpha value is -2.77. The van der Waals surface area contributed by atoms with Gasteiger partial charge in [0.25, 0.3) is 0 Å². The Morgan fingerprint density at radius 1 is 1.44 bits per heavy atom. The minimum atomic E-state index is -0.533. The minimum Gasteiger partial charge on any atom is -0.358 e. The van der Waals surface area contributed by atoms with E-state index in [0.717, 1.165) is 5.56 Å². The summed E-state index contributed by atoms with van der Waals surface area (Å²) in [6.45, 7) is 6.16. The molecule has 0 aromatic carbocycles. The van der Waals surface area contributed by atoms with E-state index < -0.39 is 4.92 Å². The average molecular weight is 345 g/mol. The highest BCUT2D eigenvalue weighted by Crippen LogP contribution is 2.27. The van der Waals surface area contributed by atoms with Crippen LogP contribution in [-0.2, 0) is 11.3 Å². The van der Waals surface area contributed by atoms with Gasteiger partial charge in [-0.25, -0.2) is 0 Å². The van der Waals surface area contributed by atoms with E-state index in [1.807, 2.05) is 12.1 Å². The van der Waals surface area contributed by atoms with Crippen LogP contribution in [0.3, 0.4) is 0 Å². The van der Waals surface area contributed by atoms with Crippen LogP contribution >= 0.6 is 0 Å². The number of rotatable bonds is 7. The van der Waals surface area contributed by atoms with Crippen LogP contribution in [0.2, 0.25) is 0 Å². The summed E-state index contributed by atoms with van der Waals surface area (Å²) in [5.41, 5.74) is 0.989. The van der Waals surface area contributed by atoms with E-state index in [1.165, 1.54) is 6.20 Å². The van der Waals surface area contributed by atoms with Gasteiger partial charge in [0.05, 0.1) is 6.04 Å². The maximum atomic E-state index is 12.6. The minimum absolute atomic E-state index is 0.0293. The molecule has 0 radical (unpaired) electrons. The van der Waals surface area contributed by atoms with Gasteiger partial charge in [-0.2, -0.15) is 0 Å². The summed E-state index contributed by atoms with van der Waals surface area (Å²) in [4.78, 5) is 32.6. The topological polar surface area (TPSA) is 94.2 Å². The molecule has 25 heavy (non-hydrogen) atoms. The number of aryl methyl sites for hydroxylation is 2. The lowest BCUT2D eigenvalue weighted by Gasteiger charge is -2.31. The van der Waals surface area contributed by atoms with Crippen molar-refractivity contribution < 1.29 is 9.72 Å². The van der Waals surface area contributed by atoms with Gasteiger partial charge in [-0.1, -0.05) is 19.9 Å². The van der Waals surface area contributed by atoms with Gasteiger partial charge < -0.3 is 19.6 Å². The number of imidazole rings is 1. The molecule has 1 atom stereocenters. The largest absolute Gasteiger partial charge is 0.381 e. The molecule has 0 aliphatic rings. The van der Waals surface area contributed by atoms with E-state index in [-0.39, 0.29) is 30.1 Å². The van der Waals surface area contributed by atoms with Crippen LogP contribution in [-0.4, -0.2) is 37.3 Å². The molecular formula is C17H23N5O3. The van der Waals surface area contributed by atoms with Crippen molar-refractivity contribution >= 4 is 11.7 Å². The Morgan fingerprint density at radius 3 is 2.68 bits per heavy atom.